The summed E-state index contributed by atoms with van der Waals surface area (Å²) in [6.45, 7) is 4.83. The Balaban J connectivity index is 2.48. The molecule has 21 heavy (non-hydrogen) atoms. The van der Waals surface area contributed by atoms with Gasteiger partial charge in [-0.05, 0) is 37.7 Å². The van der Waals surface area contributed by atoms with Crippen LogP contribution in [-0.2, 0) is 14.3 Å². The number of methoxy groups -OCH3 is 1. The standard InChI is InChI=1S/C15H22N2O4/c1-4-17(11-15(19)21-5-2)10-14(18)16-12-6-8-13(20-3)9-7-12/h6-9H,4-5,10-11H2,1-3H3,(H,16,18). The molecule has 0 aliphatic heterocycles. The number of carbonyl (C=O) groups excluding carboxylic acids is 2. The fourth-order valence-corrected chi connectivity index (χ4v) is 1.75. The first kappa shape index (κ1) is 17.0. The smallest absolute Gasteiger partial charge is 0.320 e. The molecule has 6 nitrogen and oxygen atoms in total. The monoisotopic (exact) mass is 294 g/mol. The summed E-state index contributed by atoms with van der Waals surface area (Å²) < 4.78 is 9.92. The molecule has 6 heteroatoms. The Morgan fingerprint density at radius 1 is 1.14 bits per heavy atom. The quantitative estimate of drug-likeness (QED) is 0.736. The largest absolute Gasteiger partial charge is 0.497 e. The molecule has 1 aromatic carbocycles. The Morgan fingerprint density at radius 2 is 1.81 bits per heavy atom. The second kappa shape index (κ2) is 8.97. The number of carbonyl (C=O) groups is 2. The van der Waals surface area contributed by atoms with E-state index in [1.165, 1.54) is 0 Å². The molecule has 0 aliphatic carbocycles. The number of anilines is 1. The van der Waals surface area contributed by atoms with Gasteiger partial charge in [-0.1, -0.05) is 6.92 Å². The molecule has 0 spiro atoms. The molecule has 0 heterocycles. The van der Waals surface area contributed by atoms with Gasteiger partial charge in [-0.25, -0.2) is 0 Å². The average molecular weight is 294 g/mol. The molecule has 0 unspecified atom stereocenters. The molecule has 0 atom stereocenters. The highest BCUT2D eigenvalue weighted by Gasteiger charge is 2.13. The third kappa shape index (κ3) is 6.27. The van der Waals surface area contributed by atoms with Crippen molar-refractivity contribution in [2.45, 2.75) is 13.8 Å². The molecule has 1 rings (SSSR count). The van der Waals surface area contributed by atoms with E-state index in [4.69, 9.17) is 9.47 Å². The number of rotatable bonds is 8. The van der Waals surface area contributed by atoms with Crippen molar-refractivity contribution in [1.29, 1.82) is 0 Å². The van der Waals surface area contributed by atoms with Crippen molar-refractivity contribution >= 4 is 17.6 Å². The Labute approximate surface area is 125 Å². The predicted molar refractivity (Wildman–Crippen MR) is 80.4 cm³/mol. The lowest BCUT2D eigenvalue weighted by Gasteiger charge is -2.18. The number of benzene rings is 1. The normalized spacial score (nSPS) is 10.3. The number of likely N-dealkylation sites (N-methyl/N-ethyl adjacent to an activating group) is 1. The van der Waals surface area contributed by atoms with Crippen LogP contribution in [0.5, 0.6) is 5.75 Å². The summed E-state index contributed by atoms with van der Waals surface area (Å²) in [6, 6.07) is 7.06. The third-order valence-corrected chi connectivity index (χ3v) is 2.85. The topological polar surface area (TPSA) is 67.9 Å². The van der Waals surface area contributed by atoms with Crippen molar-refractivity contribution in [2.75, 3.05) is 38.7 Å². The number of nitrogens with one attached hydrogen (secondary N) is 1. The first-order chi connectivity index (χ1) is 10.1. The van der Waals surface area contributed by atoms with Crippen LogP contribution in [0.4, 0.5) is 5.69 Å². The number of ether oxygens (including phenoxy) is 2. The lowest BCUT2D eigenvalue weighted by molar-refractivity contribution is -0.144. The summed E-state index contributed by atoms with van der Waals surface area (Å²) in [4.78, 5) is 25.1. The van der Waals surface area contributed by atoms with Gasteiger partial charge in [-0.2, -0.15) is 0 Å². The molecule has 1 N–H and O–H groups in total. The van der Waals surface area contributed by atoms with E-state index in [-0.39, 0.29) is 25.0 Å². The van der Waals surface area contributed by atoms with Crippen LogP contribution in [0.3, 0.4) is 0 Å². The van der Waals surface area contributed by atoms with Crippen molar-refractivity contribution in [3.63, 3.8) is 0 Å². The van der Waals surface area contributed by atoms with Crippen LogP contribution < -0.4 is 10.1 Å². The van der Waals surface area contributed by atoms with Gasteiger partial charge in [0.1, 0.15) is 5.75 Å². The SMILES string of the molecule is CCOC(=O)CN(CC)CC(=O)Nc1ccc(OC)cc1. The van der Waals surface area contributed by atoms with Crippen LogP contribution in [0.1, 0.15) is 13.8 Å². The second-order valence-corrected chi connectivity index (χ2v) is 4.38. The summed E-state index contributed by atoms with van der Waals surface area (Å²) in [7, 11) is 1.59. The predicted octanol–water partition coefficient (Wildman–Crippen LogP) is 1.52. The van der Waals surface area contributed by atoms with E-state index in [9.17, 15) is 9.59 Å². The Hall–Kier alpha value is -2.08. The molecule has 0 saturated heterocycles. The lowest BCUT2D eigenvalue weighted by Crippen LogP contribution is -2.37. The van der Waals surface area contributed by atoms with Gasteiger partial charge in [-0.15, -0.1) is 0 Å². The van der Waals surface area contributed by atoms with Crippen LogP contribution in [0, 0.1) is 0 Å². The van der Waals surface area contributed by atoms with E-state index in [2.05, 4.69) is 5.32 Å². The molecule has 1 aromatic rings. The van der Waals surface area contributed by atoms with Crippen LogP contribution >= 0.6 is 0 Å². The minimum atomic E-state index is -0.323. The molecule has 0 fully saturated rings. The van der Waals surface area contributed by atoms with Gasteiger partial charge in [0.25, 0.3) is 0 Å². The Bertz CT molecular complexity index is 459. The summed E-state index contributed by atoms with van der Waals surface area (Å²) in [5.74, 6) is 0.230. The lowest BCUT2D eigenvalue weighted by atomic mass is 10.3. The van der Waals surface area contributed by atoms with Crippen molar-refractivity contribution in [3.05, 3.63) is 24.3 Å². The van der Waals surface area contributed by atoms with Gasteiger partial charge in [-0.3, -0.25) is 14.5 Å². The molecule has 0 radical (unpaired) electrons. The average Bonchev–Trinajstić information content (AvgIpc) is 2.47. The fraction of sp³-hybridized carbons (Fsp3) is 0.467. The van der Waals surface area contributed by atoms with E-state index in [0.29, 0.717) is 18.8 Å². The summed E-state index contributed by atoms with van der Waals surface area (Å²) in [5.41, 5.74) is 0.688. The van der Waals surface area contributed by atoms with Gasteiger partial charge in [0.05, 0.1) is 26.8 Å². The van der Waals surface area contributed by atoms with Crippen LogP contribution in [0.15, 0.2) is 24.3 Å². The molecule has 0 bridgehead atoms. The molecule has 0 saturated carbocycles. The van der Waals surface area contributed by atoms with Gasteiger partial charge >= 0.3 is 5.97 Å². The van der Waals surface area contributed by atoms with Crippen molar-refractivity contribution in [2.24, 2.45) is 0 Å². The maximum Gasteiger partial charge on any atom is 0.320 e. The van der Waals surface area contributed by atoms with Gasteiger partial charge < -0.3 is 14.8 Å². The number of esters is 1. The van der Waals surface area contributed by atoms with Gasteiger partial charge in [0.15, 0.2) is 0 Å². The molecule has 0 aromatic heterocycles. The number of hydrogen-bond donors (Lipinski definition) is 1. The van der Waals surface area contributed by atoms with Crippen molar-refractivity contribution in [3.8, 4) is 5.75 Å². The highest BCUT2D eigenvalue weighted by molar-refractivity contribution is 5.92. The molecule has 1 amide bonds. The van der Waals surface area contributed by atoms with Gasteiger partial charge in [0.2, 0.25) is 5.91 Å². The summed E-state index contributed by atoms with van der Waals surface area (Å²) in [6.07, 6.45) is 0. The fourth-order valence-electron chi connectivity index (χ4n) is 1.75. The maximum absolute atomic E-state index is 11.9. The van der Waals surface area contributed by atoms with Crippen LogP contribution in [-0.4, -0.2) is 50.1 Å². The number of nitrogens with zero attached hydrogens (tertiary/aromatic N) is 1. The zero-order valence-electron chi connectivity index (χ0n) is 12.7. The highest BCUT2D eigenvalue weighted by Crippen LogP contribution is 2.14. The second-order valence-electron chi connectivity index (χ2n) is 4.38. The van der Waals surface area contributed by atoms with E-state index in [1.54, 1.807) is 43.2 Å². The van der Waals surface area contributed by atoms with E-state index in [0.717, 1.165) is 5.75 Å². The van der Waals surface area contributed by atoms with Crippen LogP contribution in [0.25, 0.3) is 0 Å². The maximum atomic E-state index is 11.9. The molecule has 116 valence electrons. The van der Waals surface area contributed by atoms with Gasteiger partial charge in [0, 0.05) is 5.69 Å². The summed E-state index contributed by atoms with van der Waals surface area (Å²) in [5, 5.41) is 2.77. The van der Waals surface area contributed by atoms with E-state index in [1.807, 2.05) is 6.92 Å². The zero-order valence-corrected chi connectivity index (χ0v) is 12.7. The summed E-state index contributed by atoms with van der Waals surface area (Å²) >= 11 is 0. The zero-order chi connectivity index (χ0) is 15.7. The molecular formula is C15H22N2O4. The van der Waals surface area contributed by atoms with E-state index < -0.39 is 0 Å². The Kier molecular flexibility index (Phi) is 7.25. The minimum absolute atomic E-state index is 0.111. The first-order valence-electron chi connectivity index (χ1n) is 6.90. The minimum Gasteiger partial charge on any atom is -0.497 e. The third-order valence-electron chi connectivity index (χ3n) is 2.85. The van der Waals surface area contributed by atoms with Crippen molar-refractivity contribution < 1.29 is 19.1 Å². The highest BCUT2D eigenvalue weighted by atomic mass is 16.5. The van der Waals surface area contributed by atoms with E-state index >= 15 is 0 Å². The number of amides is 1. The molecule has 0 aliphatic rings. The molecular weight excluding hydrogens is 272 g/mol. The van der Waals surface area contributed by atoms with Crippen molar-refractivity contribution in [1.82, 2.24) is 4.90 Å². The number of hydrogen-bond acceptors (Lipinski definition) is 5. The van der Waals surface area contributed by atoms with Crippen LogP contribution in [0.2, 0.25) is 0 Å². The Morgan fingerprint density at radius 3 is 2.33 bits per heavy atom. The first-order valence-corrected chi connectivity index (χ1v) is 6.90.